The first kappa shape index (κ1) is 19.0. The number of quaternary nitrogens is 1. The van der Waals surface area contributed by atoms with E-state index in [0.29, 0.717) is 22.5 Å². The van der Waals surface area contributed by atoms with Crippen LogP contribution in [0.5, 0.6) is 0 Å². The van der Waals surface area contributed by atoms with Crippen molar-refractivity contribution < 1.29 is 14.1 Å². The molecule has 0 unspecified atom stereocenters. The smallest absolute Gasteiger partial charge is 0.271 e. The fourth-order valence-corrected chi connectivity index (χ4v) is 3.17. The van der Waals surface area contributed by atoms with Crippen LogP contribution < -0.4 is 15.2 Å². The summed E-state index contributed by atoms with van der Waals surface area (Å²) in [5.74, 6) is -0.590. The molecule has 0 spiro atoms. The van der Waals surface area contributed by atoms with Gasteiger partial charge in [-0.25, -0.2) is 9.82 Å². The lowest BCUT2D eigenvalue weighted by atomic mass is 10.1. The van der Waals surface area contributed by atoms with Crippen LogP contribution in [0.15, 0.2) is 47.8 Å². The molecule has 0 saturated carbocycles. The van der Waals surface area contributed by atoms with Crippen LogP contribution in [0.25, 0.3) is 0 Å². The largest absolute Gasteiger partial charge is 0.358 e. The van der Waals surface area contributed by atoms with Crippen molar-refractivity contribution >= 4 is 17.3 Å². The summed E-state index contributed by atoms with van der Waals surface area (Å²) in [6.07, 6.45) is 3.09. The predicted octanol–water partition coefficient (Wildman–Crippen LogP) is 1.10. The van der Waals surface area contributed by atoms with Gasteiger partial charge in [-0.15, -0.1) is 0 Å². The van der Waals surface area contributed by atoms with E-state index in [0.717, 1.165) is 32.7 Å². The third-order valence-corrected chi connectivity index (χ3v) is 4.94. The van der Waals surface area contributed by atoms with Crippen LogP contribution in [0.1, 0.15) is 29.8 Å². The molecule has 142 valence electrons. The number of halogens is 1. The average Bonchev–Trinajstić information content (AvgIpc) is 2.72. The van der Waals surface area contributed by atoms with Gasteiger partial charge in [-0.2, -0.15) is 5.10 Å². The molecule has 6 nitrogen and oxygen atoms in total. The number of nitrogens with zero attached hydrogens (tertiary/aromatic N) is 3. The number of likely N-dealkylation sites (N-methyl/N-ethyl adjacent to an activating group) is 1. The molecule has 2 heterocycles. The molecule has 1 aliphatic rings. The Balaban J connectivity index is 1.66. The topological polar surface area (TPSA) is 62.0 Å². The Hall–Kier alpha value is -2.80. The first-order valence-corrected chi connectivity index (χ1v) is 9.21. The van der Waals surface area contributed by atoms with Gasteiger partial charge in [0.15, 0.2) is 0 Å². The molecule has 2 N–H and O–H groups in total. The number of aromatic nitrogens is 1. The standard InChI is InChI=1S/C20H24FN5O/c1-3-25-10-12-26(13-11-25)19-5-4-17(14-18(19)21)15(2)23-24-20(27)16-6-8-22-9-7-16/h4-9,14H,3,10-13H2,1-2H3,(H,24,27)/p+1/b23-15-. The molecule has 1 aromatic heterocycles. The van der Waals surface area contributed by atoms with Crippen molar-refractivity contribution in [1.82, 2.24) is 10.4 Å². The summed E-state index contributed by atoms with van der Waals surface area (Å²) in [7, 11) is 0. The fraction of sp³-hybridized carbons (Fsp3) is 0.350. The molecule has 1 fully saturated rings. The van der Waals surface area contributed by atoms with Gasteiger partial charge >= 0.3 is 0 Å². The number of nitrogens with one attached hydrogen (secondary N) is 2. The molecule has 1 amide bonds. The molecule has 1 saturated heterocycles. The minimum Gasteiger partial charge on any atom is -0.358 e. The van der Waals surface area contributed by atoms with E-state index in [1.54, 1.807) is 42.4 Å². The number of rotatable bonds is 5. The van der Waals surface area contributed by atoms with Crippen LogP contribution in [0, 0.1) is 5.82 Å². The summed E-state index contributed by atoms with van der Waals surface area (Å²) < 4.78 is 14.6. The van der Waals surface area contributed by atoms with Crippen molar-refractivity contribution in [3.8, 4) is 0 Å². The Morgan fingerprint density at radius 2 is 1.93 bits per heavy atom. The molecular formula is C20H25FN5O+. The third kappa shape index (κ3) is 4.68. The predicted molar refractivity (Wildman–Crippen MR) is 104 cm³/mol. The van der Waals surface area contributed by atoms with Gasteiger partial charge in [0.2, 0.25) is 0 Å². The van der Waals surface area contributed by atoms with E-state index in [4.69, 9.17) is 0 Å². The maximum Gasteiger partial charge on any atom is 0.271 e. The van der Waals surface area contributed by atoms with E-state index in [1.807, 2.05) is 6.07 Å². The zero-order chi connectivity index (χ0) is 19.2. The highest BCUT2D eigenvalue weighted by molar-refractivity contribution is 6.01. The van der Waals surface area contributed by atoms with E-state index >= 15 is 0 Å². The molecule has 0 atom stereocenters. The van der Waals surface area contributed by atoms with Crippen molar-refractivity contribution in [3.05, 3.63) is 59.7 Å². The van der Waals surface area contributed by atoms with Crippen molar-refractivity contribution in [2.75, 3.05) is 37.6 Å². The maximum atomic E-state index is 14.6. The summed E-state index contributed by atoms with van der Waals surface area (Å²) >= 11 is 0. The van der Waals surface area contributed by atoms with Crippen LogP contribution >= 0.6 is 0 Å². The Morgan fingerprint density at radius 1 is 1.22 bits per heavy atom. The number of hydrazone groups is 1. The SMILES string of the molecule is CC[NH+]1CCN(c2ccc(/C(C)=N\NC(=O)c3ccncc3)cc2F)CC1. The lowest BCUT2D eigenvalue weighted by molar-refractivity contribution is -0.898. The van der Waals surface area contributed by atoms with E-state index in [1.165, 1.54) is 6.07 Å². The van der Waals surface area contributed by atoms with E-state index in [-0.39, 0.29) is 11.7 Å². The summed E-state index contributed by atoms with van der Waals surface area (Å²) in [5.41, 5.74) is 4.78. The van der Waals surface area contributed by atoms with Gasteiger partial charge in [0.05, 0.1) is 44.1 Å². The lowest BCUT2D eigenvalue weighted by Gasteiger charge is -2.33. The van der Waals surface area contributed by atoms with Crippen molar-refractivity contribution in [1.29, 1.82) is 0 Å². The number of benzene rings is 1. The van der Waals surface area contributed by atoms with E-state index in [2.05, 4.69) is 27.3 Å². The number of hydrogen-bond acceptors (Lipinski definition) is 4. The molecular weight excluding hydrogens is 345 g/mol. The molecule has 7 heteroatoms. The first-order valence-electron chi connectivity index (χ1n) is 9.21. The molecule has 1 aromatic carbocycles. The van der Waals surface area contributed by atoms with Gasteiger partial charge in [-0.05, 0) is 38.1 Å². The Kier molecular flexibility index (Phi) is 6.13. The number of amides is 1. The van der Waals surface area contributed by atoms with Gasteiger partial charge in [0, 0.05) is 23.5 Å². The third-order valence-electron chi connectivity index (χ3n) is 4.94. The molecule has 0 aliphatic carbocycles. The fourth-order valence-electron chi connectivity index (χ4n) is 3.17. The lowest BCUT2D eigenvalue weighted by Crippen LogP contribution is -3.14. The highest BCUT2D eigenvalue weighted by Gasteiger charge is 2.21. The quantitative estimate of drug-likeness (QED) is 0.612. The van der Waals surface area contributed by atoms with E-state index in [9.17, 15) is 9.18 Å². The zero-order valence-electron chi connectivity index (χ0n) is 15.7. The molecule has 1 aliphatic heterocycles. The Morgan fingerprint density at radius 3 is 2.56 bits per heavy atom. The Bertz CT molecular complexity index is 816. The van der Waals surface area contributed by atoms with Crippen LogP contribution in [-0.4, -0.2) is 49.3 Å². The summed E-state index contributed by atoms with van der Waals surface area (Å²) in [5, 5.41) is 4.09. The van der Waals surface area contributed by atoms with E-state index < -0.39 is 0 Å². The summed E-state index contributed by atoms with van der Waals surface area (Å²) in [6.45, 7) is 8.79. The Labute approximate surface area is 158 Å². The molecule has 0 bridgehead atoms. The molecule has 27 heavy (non-hydrogen) atoms. The number of carbonyl (C=O) groups excluding carboxylic acids is 1. The number of carbonyl (C=O) groups is 1. The van der Waals surface area contributed by atoms with Crippen molar-refractivity contribution in [3.63, 3.8) is 0 Å². The van der Waals surface area contributed by atoms with Crippen LogP contribution in [0.4, 0.5) is 10.1 Å². The van der Waals surface area contributed by atoms with Gasteiger partial charge in [0.25, 0.3) is 5.91 Å². The van der Waals surface area contributed by atoms with Crippen LogP contribution in [0.2, 0.25) is 0 Å². The highest BCUT2D eigenvalue weighted by Crippen LogP contribution is 2.21. The minimum atomic E-state index is -0.329. The number of anilines is 1. The number of piperazine rings is 1. The van der Waals surface area contributed by atoms with Gasteiger partial charge in [-0.3, -0.25) is 9.78 Å². The number of hydrogen-bond donors (Lipinski definition) is 2. The van der Waals surface area contributed by atoms with Gasteiger partial charge in [0.1, 0.15) is 5.82 Å². The second-order valence-electron chi connectivity index (χ2n) is 6.63. The van der Waals surface area contributed by atoms with Crippen LogP contribution in [-0.2, 0) is 0 Å². The first-order chi connectivity index (χ1) is 13.1. The molecule has 0 radical (unpaired) electrons. The second-order valence-corrected chi connectivity index (χ2v) is 6.63. The highest BCUT2D eigenvalue weighted by atomic mass is 19.1. The van der Waals surface area contributed by atoms with Gasteiger partial charge < -0.3 is 9.80 Å². The molecule has 3 rings (SSSR count). The monoisotopic (exact) mass is 370 g/mol. The minimum absolute atomic E-state index is 0.262. The van der Waals surface area contributed by atoms with Crippen LogP contribution in [0.3, 0.4) is 0 Å². The molecule has 2 aromatic rings. The summed E-state index contributed by atoms with van der Waals surface area (Å²) in [6, 6.07) is 8.33. The summed E-state index contributed by atoms with van der Waals surface area (Å²) in [4.78, 5) is 19.5. The van der Waals surface area contributed by atoms with Crippen molar-refractivity contribution in [2.45, 2.75) is 13.8 Å². The second kappa shape index (κ2) is 8.73. The zero-order valence-corrected chi connectivity index (χ0v) is 15.7. The van der Waals surface area contributed by atoms with Gasteiger partial charge in [-0.1, -0.05) is 6.07 Å². The van der Waals surface area contributed by atoms with Crippen molar-refractivity contribution in [2.24, 2.45) is 5.10 Å². The average molecular weight is 370 g/mol. The number of pyridine rings is 1. The maximum absolute atomic E-state index is 14.6. The normalized spacial score (nSPS) is 15.7.